The second-order valence-corrected chi connectivity index (χ2v) is 12.4. The van der Waals surface area contributed by atoms with Gasteiger partial charge in [-0.1, -0.05) is 97.5 Å². The van der Waals surface area contributed by atoms with E-state index in [1.165, 1.54) is 6.08 Å². The van der Waals surface area contributed by atoms with E-state index in [2.05, 4.69) is 31.9 Å². The van der Waals surface area contributed by atoms with Gasteiger partial charge in [0.1, 0.15) is 0 Å². The van der Waals surface area contributed by atoms with Crippen molar-refractivity contribution < 1.29 is 30.7 Å². The summed E-state index contributed by atoms with van der Waals surface area (Å²) in [4.78, 5) is -0.399. The molecular formula is C21H13Br2Cl2F7S. The van der Waals surface area contributed by atoms with Crippen molar-refractivity contribution in [3.63, 3.8) is 0 Å². The van der Waals surface area contributed by atoms with Gasteiger partial charge in [0, 0.05) is 10.0 Å². The molecule has 0 bridgehead atoms. The highest BCUT2D eigenvalue weighted by Crippen LogP contribution is 2.62. The average Bonchev–Trinajstić information content (AvgIpc) is 2.66. The van der Waals surface area contributed by atoms with Crippen LogP contribution in [0.3, 0.4) is 0 Å². The van der Waals surface area contributed by atoms with E-state index >= 15 is 0 Å². The largest absolute Gasteiger partial charge is 0.460 e. The highest BCUT2D eigenvalue weighted by molar-refractivity contribution is 9.10. The first-order chi connectivity index (χ1) is 15.0. The van der Waals surface area contributed by atoms with Gasteiger partial charge >= 0.3 is 17.4 Å². The third kappa shape index (κ3) is 5.25. The molecule has 0 heterocycles. The van der Waals surface area contributed by atoms with Gasteiger partial charge in [-0.2, -0.15) is 30.7 Å². The van der Waals surface area contributed by atoms with Gasteiger partial charge in [-0.05, 0) is 52.8 Å². The van der Waals surface area contributed by atoms with E-state index in [0.29, 0.717) is 11.1 Å². The number of allylic oxidation sites excluding steroid dienone is 2. The van der Waals surface area contributed by atoms with E-state index in [9.17, 15) is 30.7 Å². The van der Waals surface area contributed by atoms with Crippen molar-refractivity contribution in [2.24, 2.45) is 0 Å². The van der Waals surface area contributed by atoms with Crippen LogP contribution in [-0.4, -0.2) is 17.4 Å². The van der Waals surface area contributed by atoms with Gasteiger partial charge in [-0.3, -0.25) is 0 Å². The molecule has 2 atom stereocenters. The van der Waals surface area contributed by atoms with Gasteiger partial charge in [0.25, 0.3) is 0 Å². The van der Waals surface area contributed by atoms with Gasteiger partial charge < -0.3 is 0 Å². The van der Waals surface area contributed by atoms with Crippen LogP contribution >= 0.6 is 66.8 Å². The summed E-state index contributed by atoms with van der Waals surface area (Å²) < 4.78 is 91.6. The Labute approximate surface area is 216 Å². The summed E-state index contributed by atoms with van der Waals surface area (Å²) in [6.07, 6.45) is -5.40. The molecule has 0 fully saturated rings. The molecule has 2 aromatic carbocycles. The van der Waals surface area contributed by atoms with E-state index < -0.39 is 42.7 Å². The predicted molar refractivity (Wildman–Crippen MR) is 125 cm³/mol. The molecule has 33 heavy (non-hydrogen) atoms. The van der Waals surface area contributed by atoms with E-state index in [-0.39, 0.29) is 22.9 Å². The second kappa shape index (κ2) is 9.22. The van der Waals surface area contributed by atoms with Gasteiger partial charge in [-0.15, -0.1) is 0 Å². The van der Waals surface area contributed by atoms with Crippen molar-refractivity contribution in [1.82, 2.24) is 0 Å². The standard InChI is InChI=1S/C21H13Br2Cl2F7S/c22-17(13-5-1-3-7-15(13)24)9-12(33-21(31,32)19(26,27)20(28,29)30)10-18(23,11-17)14-6-2-4-8-16(14)25/h1-9H,10-11H2. The molecule has 0 saturated carbocycles. The molecule has 3 rings (SSSR count). The van der Waals surface area contributed by atoms with Crippen LogP contribution in [0.4, 0.5) is 30.7 Å². The first kappa shape index (κ1) is 27.2. The van der Waals surface area contributed by atoms with Gasteiger partial charge in [-0.25, -0.2) is 0 Å². The maximum Gasteiger partial charge on any atom is 0.460 e. The lowest BCUT2D eigenvalue weighted by molar-refractivity contribution is -0.330. The second-order valence-electron chi connectivity index (χ2n) is 7.44. The molecule has 0 spiro atoms. The maximum atomic E-state index is 14.3. The maximum absolute atomic E-state index is 14.3. The van der Waals surface area contributed by atoms with Crippen molar-refractivity contribution in [2.45, 2.75) is 38.8 Å². The third-order valence-electron chi connectivity index (χ3n) is 5.04. The lowest BCUT2D eigenvalue weighted by Crippen LogP contribution is -2.50. The van der Waals surface area contributed by atoms with E-state index in [1.54, 1.807) is 48.5 Å². The van der Waals surface area contributed by atoms with Gasteiger partial charge in [0.2, 0.25) is 0 Å². The molecule has 2 unspecified atom stereocenters. The summed E-state index contributed by atoms with van der Waals surface area (Å²) in [6, 6.07) is 12.9. The fourth-order valence-corrected chi connectivity index (χ4v) is 8.45. The summed E-state index contributed by atoms with van der Waals surface area (Å²) in [7, 11) is 0. The topological polar surface area (TPSA) is 0 Å². The number of rotatable bonds is 5. The zero-order valence-electron chi connectivity index (χ0n) is 16.2. The van der Waals surface area contributed by atoms with Crippen LogP contribution in [0.2, 0.25) is 10.0 Å². The lowest BCUT2D eigenvalue weighted by atomic mass is 9.78. The van der Waals surface area contributed by atoms with Crippen LogP contribution in [-0.2, 0) is 8.65 Å². The molecule has 0 aromatic heterocycles. The first-order valence-electron chi connectivity index (χ1n) is 9.13. The minimum Gasteiger partial charge on any atom is -0.188 e. The van der Waals surface area contributed by atoms with Crippen molar-refractivity contribution in [3.05, 3.63) is 80.7 Å². The zero-order valence-corrected chi connectivity index (χ0v) is 21.7. The number of benzene rings is 2. The molecular weight excluding hydrogens is 648 g/mol. The Bertz CT molecular complexity index is 1080. The molecule has 0 aliphatic heterocycles. The smallest absolute Gasteiger partial charge is 0.188 e. The fraction of sp³-hybridized carbons (Fsp3) is 0.333. The summed E-state index contributed by atoms with van der Waals surface area (Å²) in [5.41, 5.74) is 0.880. The van der Waals surface area contributed by atoms with Crippen molar-refractivity contribution in [2.75, 3.05) is 0 Å². The molecule has 0 amide bonds. The molecule has 180 valence electrons. The Hall–Kier alpha value is -0.420. The average molecular weight is 661 g/mol. The number of hydrogen-bond acceptors (Lipinski definition) is 1. The lowest BCUT2D eigenvalue weighted by Gasteiger charge is -2.42. The fourth-order valence-electron chi connectivity index (χ4n) is 3.55. The number of halogens is 11. The summed E-state index contributed by atoms with van der Waals surface area (Å²) in [5, 5.41) is -4.95. The molecule has 1 aliphatic rings. The highest BCUT2D eigenvalue weighted by atomic mass is 79.9. The summed E-state index contributed by atoms with van der Waals surface area (Å²) >= 11 is 18.8. The third-order valence-corrected chi connectivity index (χ3v) is 8.66. The van der Waals surface area contributed by atoms with E-state index in [1.807, 2.05) is 0 Å². The quantitative estimate of drug-likeness (QED) is 0.227. The number of thioether (sulfide) groups is 1. The molecule has 12 heteroatoms. The number of alkyl halides is 9. The Balaban J connectivity index is 2.15. The Morgan fingerprint density at radius 3 is 1.76 bits per heavy atom. The molecule has 0 saturated heterocycles. The monoisotopic (exact) mass is 658 g/mol. The van der Waals surface area contributed by atoms with Crippen molar-refractivity contribution >= 4 is 66.8 Å². The van der Waals surface area contributed by atoms with Gasteiger partial charge in [0.15, 0.2) is 0 Å². The van der Waals surface area contributed by atoms with Crippen molar-refractivity contribution in [1.29, 1.82) is 0 Å². The Morgan fingerprint density at radius 1 is 0.788 bits per heavy atom. The zero-order chi connectivity index (χ0) is 24.9. The minimum absolute atomic E-state index is 0.138. The van der Waals surface area contributed by atoms with Crippen LogP contribution in [0.15, 0.2) is 59.5 Å². The van der Waals surface area contributed by atoms with Crippen LogP contribution in [0, 0.1) is 0 Å². The summed E-state index contributed by atoms with van der Waals surface area (Å²) in [6.45, 7) is 0. The Kier molecular flexibility index (Phi) is 7.60. The van der Waals surface area contributed by atoms with Crippen LogP contribution in [0.5, 0.6) is 0 Å². The van der Waals surface area contributed by atoms with E-state index in [4.69, 9.17) is 23.2 Å². The molecule has 1 aliphatic carbocycles. The van der Waals surface area contributed by atoms with Gasteiger partial charge in [0.05, 0.1) is 8.65 Å². The van der Waals surface area contributed by atoms with Crippen LogP contribution in [0.1, 0.15) is 24.0 Å². The van der Waals surface area contributed by atoms with Crippen LogP contribution in [0.25, 0.3) is 0 Å². The Morgan fingerprint density at radius 2 is 1.27 bits per heavy atom. The molecule has 0 N–H and O–H groups in total. The molecule has 2 aromatic rings. The molecule has 0 radical (unpaired) electrons. The molecule has 0 nitrogen and oxygen atoms in total. The van der Waals surface area contributed by atoms with Crippen molar-refractivity contribution in [3.8, 4) is 0 Å². The predicted octanol–water partition coefficient (Wildman–Crippen LogP) is 10.1. The highest BCUT2D eigenvalue weighted by Gasteiger charge is 2.73. The van der Waals surface area contributed by atoms with Crippen LogP contribution < -0.4 is 0 Å². The van der Waals surface area contributed by atoms with E-state index in [0.717, 1.165) is 0 Å². The SMILES string of the molecule is FC(F)(F)C(F)(F)C(F)(F)SC1=CC(Br)(c2ccccc2Cl)CC(Br)(c2ccccc2Cl)C1. The minimum atomic E-state index is -6.43. The normalized spacial score (nSPS) is 24.5. The first-order valence-corrected chi connectivity index (χ1v) is 12.3. The summed E-state index contributed by atoms with van der Waals surface area (Å²) in [5.74, 6) is -6.25. The number of hydrogen-bond donors (Lipinski definition) is 0.